The normalized spacial score (nSPS) is 10.9. The van der Waals surface area contributed by atoms with Gasteiger partial charge in [-0.05, 0) is 408 Å². The van der Waals surface area contributed by atoms with E-state index in [1.54, 1.807) is 22.9 Å². The molecule has 0 N–H and O–H groups in total. The highest BCUT2D eigenvalue weighted by molar-refractivity contribution is 7.18. The molecule has 16 heteroatoms. The van der Waals surface area contributed by atoms with E-state index < -0.39 is 0 Å². The van der Waals surface area contributed by atoms with Crippen LogP contribution in [0.25, 0.3) is 54.2 Å². The van der Waals surface area contributed by atoms with Crippen LogP contribution in [0.1, 0.15) is 218 Å². The molecule has 14 aromatic rings. The minimum atomic E-state index is 0.746. The highest BCUT2D eigenvalue weighted by Gasteiger charge is 2.21. The molecular formula is C92H129N11O3S2. The van der Waals surface area contributed by atoms with Crippen LogP contribution in [0.4, 0.5) is 0 Å². The van der Waals surface area contributed by atoms with E-state index in [-0.39, 0.29) is 0 Å². The minimum absolute atomic E-state index is 0.746. The molecule has 0 amide bonds. The molecule has 0 radical (unpaired) electrons. The van der Waals surface area contributed by atoms with Crippen LogP contribution in [0.2, 0.25) is 0 Å². The van der Waals surface area contributed by atoms with Gasteiger partial charge in [-0.15, -0.1) is 11.3 Å². The van der Waals surface area contributed by atoms with Crippen LogP contribution in [0, 0.1) is 270 Å². The lowest BCUT2D eigenvalue weighted by Gasteiger charge is -2.12. The monoisotopic (exact) mass is 1500 g/mol. The molecular weight excluding hydrogens is 1370 g/mol. The zero-order valence-electron chi connectivity index (χ0n) is 74.5. The highest BCUT2D eigenvalue weighted by Crippen LogP contribution is 2.38. The summed E-state index contributed by atoms with van der Waals surface area (Å²) >= 11 is 3.39. The average molecular weight is 1500 g/mol. The van der Waals surface area contributed by atoms with Gasteiger partial charge in [0, 0.05) is 79.0 Å². The summed E-state index contributed by atoms with van der Waals surface area (Å²) in [6.07, 6.45) is 0. The van der Waals surface area contributed by atoms with Gasteiger partial charge in [0.05, 0.1) is 60.1 Å². The van der Waals surface area contributed by atoms with Gasteiger partial charge in [0.2, 0.25) is 0 Å². The van der Waals surface area contributed by atoms with Crippen molar-refractivity contribution in [2.75, 3.05) is 0 Å². The second-order valence-electron chi connectivity index (χ2n) is 30.5. The largest absolute Gasteiger partial charge is 0.441 e. The van der Waals surface area contributed by atoms with Gasteiger partial charge >= 0.3 is 0 Å². The van der Waals surface area contributed by atoms with Crippen LogP contribution >= 0.6 is 22.9 Å². The van der Waals surface area contributed by atoms with Crippen molar-refractivity contribution in [2.24, 2.45) is 28.2 Å². The molecule has 582 valence electrons. The SMILES string of the molecule is Cc1c(C)c(C)c2c(c1C)c(C)c(C)n2C.Cc1c(C)c(C)c2c(c1C)c(C)c(C)n2C.Cc1c(C)c(C)c2c(nc(C)n2C)c1C.Cc1nc2c(C)c(C)c(C)c(C)c2o1.Cc1nc2c(C)c(C)c(C)c(C)c2s1.Cc1nn(C)c(C)c1C.Cc1noc(C)c1C.Cc1noc(C)c1C.Cc1nsc(C)c1C. The first-order valence-electron chi connectivity index (χ1n) is 37.8. The third-order valence-corrected chi connectivity index (χ3v) is 26.9. The third-order valence-electron chi connectivity index (χ3n) is 24.8. The molecule has 108 heavy (non-hydrogen) atoms. The summed E-state index contributed by atoms with van der Waals surface area (Å²) in [5, 5.41) is 15.8. The summed E-state index contributed by atoms with van der Waals surface area (Å²) in [5.74, 6) is 3.67. The number of aromatic nitrogens is 11. The second-order valence-corrected chi connectivity index (χ2v) is 32.7. The van der Waals surface area contributed by atoms with E-state index in [1.165, 1.54) is 199 Å². The van der Waals surface area contributed by atoms with Gasteiger partial charge in [-0.3, -0.25) is 4.68 Å². The maximum Gasteiger partial charge on any atom is 0.192 e. The highest BCUT2D eigenvalue weighted by atomic mass is 32.1. The molecule has 14 rings (SSSR count). The Morgan fingerprint density at radius 3 is 1.00 bits per heavy atom. The summed E-state index contributed by atoms with van der Waals surface area (Å²) < 4.78 is 29.6. The molecule has 0 spiro atoms. The number of thiazole rings is 1. The lowest BCUT2D eigenvalue weighted by Crippen LogP contribution is -1.97. The summed E-state index contributed by atoms with van der Waals surface area (Å²) in [5.41, 5.74) is 52.1. The van der Waals surface area contributed by atoms with Crippen molar-refractivity contribution in [1.82, 2.24) is 53.1 Å². The van der Waals surface area contributed by atoms with E-state index in [9.17, 15) is 0 Å². The maximum atomic E-state index is 5.60. The van der Waals surface area contributed by atoms with E-state index in [0.717, 1.165) is 73.1 Å². The van der Waals surface area contributed by atoms with Crippen molar-refractivity contribution in [1.29, 1.82) is 0 Å². The van der Waals surface area contributed by atoms with Crippen LogP contribution < -0.4 is 0 Å². The lowest BCUT2D eigenvalue weighted by atomic mass is 9.94. The Balaban J connectivity index is 0.000000192. The Kier molecular flexibility index (Phi) is 28.8. The summed E-state index contributed by atoms with van der Waals surface area (Å²) in [4.78, 5) is 15.0. The number of oxazole rings is 1. The maximum absolute atomic E-state index is 5.60. The van der Waals surface area contributed by atoms with Gasteiger partial charge in [0.25, 0.3) is 0 Å². The lowest BCUT2D eigenvalue weighted by molar-refractivity contribution is 0.392. The Morgan fingerprint density at radius 2 is 0.667 bits per heavy atom. The van der Waals surface area contributed by atoms with Gasteiger partial charge in [-0.1, -0.05) is 10.3 Å². The number of nitrogens with zero attached hydrogens (tertiary/aromatic N) is 11. The standard InChI is InChI=1S/2C15H21N.C13H18N2.C12H15NO.C12H15NS.C7H12N2.2C6H9NO.C6H9NS/c2*1-8-9(2)11(4)15-14(10(8)3)12(5)13(6)16(15)7;1-7-8(2)10(4)13-12(9(7)3)14-11(5)15(13)6;2*1-6-7(2)9(4)12-11(8(6)3)13-10(5)14-12;1-5-6(2)8-9(4)7(5)3;3*1-4-5(2)7-8-6(4)3/h2*1-7H3;1-6H3;2*1-5H3;1-4H3;3*1-3H3. The van der Waals surface area contributed by atoms with Gasteiger partial charge in [0.15, 0.2) is 11.5 Å². The number of imidazole rings is 1. The van der Waals surface area contributed by atoms with Crippen molar-refractivity contribution in [3.8, 4) is 0 Å². The molecule has 5 aromatic carbocycles. The van der Waals surface area contributed by atoms with Crippen molar-refractivity contribution in [3.63, 3.8) is 0 Å². The van der Waals surface area contributed by atoms with E-state index in [2.05, 4.69) is 277 Å². The molecule has 0 fully saturated rings. The molecule has 0 bridgehead atoms. The fourth-order valence-electron chi connectivity index (χ4n) is 13.9. The second kappa shape index (κ2) is 35.3. The Labute approximate surface area is 655 Å². The summed E-state index contributed by atoms with van der Waals surface area (Å²) in [6.45, 7) is 82.9. The first-order valence-corrected chi connectivity index (χ1v) is 39.4. The first-order chi connectivity index (χ1) is 50.0. The van der Waals surface area contributed by atoms with Gasteiger partial charge in [-0.2, -0.15) is 9.47 Å². The van der Waals surface area contributed by atoms with E-state index in [1.807, 2.05) is 74.0 Å². The fourth-order valence-corrected chi connectivity index (χ4v) is 15.6. The molecule has 0 aliphatic carbocycles. The topological polar surface area (TPSA) is 149 Å². The predicted molar refractivity (Wildman–Crippen MR) is 463 cm³/mol. The Hall–Kier alpha value is -8.73. The summed E-state index contributed by atoms with van der Waals surface area (Å²) in [6, 6.07) is 0. The predicted octanol–water partition coefficient (Wildman–Crippen LogP) is 25.0. The molecule has 14 nitrogen and oxygen atoms in total. The average Bonchev–Trinajstić information content (AvgIpc) is 1.60. The van der Waals surface area contributed by atoms with Gasteiger partial charge in [0.1, 0.15) is 22.9 Å². The molecule has 0 unspecified atom stereocenters. The third kappa shape index (κ3) is 17.6. The molecule has 9 aromatic heterocycles. The van der Waals surface area contributed by atoms with Crippen molar-refractivity contribution < 1.29 is 13.5 Å². The van der Waals surface area contributed by atoms with Crippen LogP contribution in [-0.4, -0.2) is 53.1 Å². The fraction of sp³-hybridized carbons (Fsp3) is 0.467. The smallest absolute Gasteiger partial charge is 0.192 e. The number of aryl methyl sites for hydroxylation is 26. The number of hydrogen-bond acceptors (Lipinski definition) is 12. The van der Waals surface area contributed by atoms with Crippen LogP contribution in [-0.2, 0) is 28.2 Å². The van der Waals surface area contributed by atoms with Crippen molar-refractivity contribution in [3.05, 3.63) is 218 Å². The Bertz CT molecular complexity index is 5090. The van der Waals surface area contributed by atoms with Gasteiger partial charge in [-0.25, -0.2) is 15.0 Å². The van der Waals surface area contributed by atoms with Crippen LogP contribution in [0.15, 0.2) is 13.5 Å². The molecule has 9 heterocycles. The molecule has 0 aliphatic heterocycles. The van der Waals surface area contributed by atoms with E-state index in [4.69, 9.17) is 13.5 Å². The molecule has 0 atom stereocenters. The molecule has 0 saturated heterocycles. The number of benzene rings is 5. The zero-order chi connectivity index (χ0) is 82.1. The van der Waals surface area contributed by atoms with Crippen molar-refractivity contribution >= 4 is 77.0 Å². The molecule has 0 aliphatic rings. The zero-order valence-corrected chi connectivity index (χ0v) is 76.1. The van der Waals surface area contributed by atoms with E-state index in [0.29, 0.717) is 0 Å². The van der Waals surface area contributed by atoms with Crippen molar-refractivity contribution in [2.45, 2.75) is 270 Å². The quantitative estimate of drug-likeness (QED) is 0.144. The van der Waals surface area contributed by atoms with Crippen LogP contribution in [0.3, 0.4) is 0 Å². The molecule has 0 saturated carbocycles. The first kappa shape index (κ1) is 88.2. The number of hydrogen-bond donors (Lipinski definition) is 0. The van der Waals surface area contributed by atoms with Crippen LogP contribution in [0.5, 0.6) is 0 Å². The number of rotatable bonds is 0. The Morgan fingerprint density at radius 1 is 0.287 bits per heavy atom. The van der Waals surface area contributed by atoms with E-state index >= 15 is 0 Å². The van der Waals surface area contributed by atoms with Gasteiger partial charge < -0.3 is 27.2 Å². The number of fused-ring (bicyclic) bond motifs is 5. The minimum Gasteiger partial charge on any atom is -0.441 e. The summed E-state index contributed by atoms with van der Waals surface area (Å²) in [7, 11) is 8.40.